The lowest BCUT2D eigenvalue weighted by molar-refractivity contribution is 0.177. The highest BCUT2D eigenvalue weighted by Gasteiger charge is 2.47. The van der Waals surface area contributed by atoms with Crippen LogP contribution in [-0.4, -0.2) is 6.10 Å². The van der Waals surface area contributed by atoms with Gasteiger partial charge < -0.3 is 10.5 Å². The molecule has 1 aromatic rings. The van der Waals surface area contributed by atoms with Crippen molar-refractivity contribution in [3.05, 3.63) is 23.8 Å². The summed E-state index contributed by atoms with van der Waals surface area (Å²) in [4.78, 5) is 0. The van der Waals surface area contributed by atoms with Gasteiger partial charge in [0, 0.05) is 17.8 Å². The predicted molar refractivity (Wildman–Crippen MR) is 56.0 cm³/mol. The van der Waals surface area contributed by atoms with Crippen LogP contribution in [0, 0.1) is 23.5 Å². The molecular formula is C12H13F2NO. The van der Waals surface area contributed by atoms with E-state index >= 15 is 0 Å². The number of hydrogen-bond acceptors (Lipinski definition) is 2. The topological polar surface area (TPSA) is 35.2 Å². The molecule has 4 heteroatoms. The molecule has 2 aliphatic rings. The summed E-state index contributed by atoms with van der Waals surface area (Å²) in [5, 5.41) is 0. The second kappa shape index (κ2) is 3.34. The SMILES string of the molecule is Nc1cc(F)c(OC2CC3CC3C2)c(F)c1. The normalized spacial score (nSPS) is 31.2. The monoisotopic (exact) mass is 225 g/mol. The van der Waals surface area contributed by atoms with Crippen molar-refractivity contribution in [2.75, 3.05) is 5.73 Å². The first kappa shape index (κ1) is 9.87. The first-order chi connectivity index (χ1) is 7.63. The largest absolute Gasteiger partial charge is 0.484 e. The van der Waals surface area contributed by atoms with Gasteiger partial charge >= 0.3 is 0 Å². The molecule has 2 fully saturated rings. The summed E-state index contributed by atoms with van der Waals surface area (Å²) in [5.41, 5.74) is 5.41. The van der Waals surface area contributed by atoms with Gasteiger partial charge in [0.15, 0.2) is 17.4 Å². The molecule has 16 heavy (non-hydrogen) atoms. The van der Waals surface area contributed by atoms with E-state index in [2.05, 4.69) is 0 Å². The van der Waals surface area contributed by atoms with Gasteiger partial charge in [0.25, 0.3) is 0 Å². The van der Waals surface area contributed by atoms with Gasteiger partial charge in [-0.2, -0.15) is 0 Å². The third kappa shape index (κ3) is 1.62. The number of ether oxygens (including phenoxy) is 1. The Morgan fingerprint density at radius 1 is 1.06 bits per heavy atom. The molecule has 3 rings (SSSR count). The molecule has 2 nitrogen and oxygen atoms in total. The van der Waals surface area contributed by atoms with Crippen LogP contribution in [0.4, 0.5) is 14.5 Å². The van der Waals surface area contributed by atoms with E-state index in [1.165, 1.54) is 6.42 Å². The number of anilines is 1. The van der Waals surface area contributed by atoms with E-state index in [-0.39, 0.29) is 17.5 Å². The van der Waals surface area contributed by atoms with Gasteiger partial charge in [0.1, 0.15) is 0 Å². The van der Waals surface area contributed by atoms with Crippen molar-refractivity contribution in [1.29, 1.82) is 0 Å². The first-order valence-electron chi connectivity index (χ1n) is 5.54. The highest BCUT2D eigenvalue weighted by molar-refractivity contribution is 5.44. The highest BCUT2D eigenvalue weighted by Crippen LogP contribution is 2.52. The highest BCUT2D eigenvalue weighted by atomic mass is 19.1. The fraction of sp³-hybridized carbons (Fsp3) is 0.500. The predicted octanol–water partition coefficient (Wildman–Crippen LogP) is 2.72. The third-order valence-electron chi connectivity index (χ3n) is 3.51. The molecule has 2 N–H and O–H groups in total. The van der Waals surface area contributed by atoms with Crippen LogP contribution in [0.2, 0.25) is 0 Å². The van der Waals surface area contributed by atoms with Crippen molar-refractivity contribution < 1.29 is 13.5 Å². The molecule has 0 radical (unpaired) electrons. The van der Waals surface area contributed by atoms with Crippen molar-refractivity contribution in [3.63, 3.8) is 0 Å². The molecule has 86 valence electrons. The lowest BCUT2D eigenvalue weighted by Crippen LogP contribution is -2.15. The van der Waals surface area contributed by atoms with Crippen molar-refractivity contribution in [3.8, 4) is 5.75 Å². The van der Waals surface area contributed by atoms with E-state index in [1.54, 1.807) is 0 Å². The van der Waals surface area contributed by atoms with Crippen LogP contribution < -0.4 is 10.5 Å². The smallest absolute Gasteiger partial charge is 0.191 e. The molecule has 2 saturated carbocycles. The number of halogens is 2. The zero-order valence-corrected chi connectivity index (χ0v) is 8.75. The number of hydrogen-bond donors (Lipinski definition) is 1. The van der Waals surface area contributed by atoms with Gasteiger partial charge in [-0.15, -0.1) is 0 Å². The quantitative estimate of drug-likeness (QED) is 0.785. The van der Waals surface area contributed by atoms with E-state index in [1.807, 2.05) is 0 Å². The van der Waals surface area contributed by atoms with Crippen molar-refractivity contribution >= 4 is 5.69 Å². The summed E-state index contributed by atoms with van der Waals surface area (Å²) in [6, 6.07) is 2.18. The standard InChI is InChI=1S/C12H13F2NO/c13-10-4-8(15)5-11(14)12(10)16-9-2-6-1-7(6)3-9/h4-7,9H,1-3,15H2. The van der Waals surface area contributed by atoms with E-state index in [4.69, 9.17) is 10.5 Å². The van der Waals surface area contributed by atoms with E-state index in [0.717, 1.165) is 36.8 Å². The van der Waals surface area contributed by atoms with Crippen LogP contribution in [0.15, 0.2) is 12.1 Å². The van der Waals surface area contributed by atoms with E-state index < -0.39 is 11.6 Å². The van der Waals surface area contributed by atoms with Crippen LogP contribution >= 0.6 is 0 Å². The Kier molecular flexibility index (Phi) is 2.06. The third-order valence-corrected chi connectivity index (χ3v) is 3.51. The molecule has 2 aliphatic carbocycles. The Balaban J connectivity index is 1.78. The summed E-state index contributed by atoms with van der Waals surface area (Å²) < 4.78 is 32.2. The van der Waals surface area contributed by atoms with Gasteiger partial charge in [-0.05, 0) is 31.1 Å². The molecule has 2 unspecified atom stereocenters. The Morgan fingerprint density at radius 2 is 1.62 bits per heavy atom. The van der Waals surface area contributed by atoms with Gasteiger partial charge in [0.05, 0.1) is 6.10 Å². The Hall–Kier alpha value is -1.32. The Labute approximate surface area is 92.4 Å². The maximum absolute atomic E-state index is 13.4. The second-order valence-electron chi connectivity index (χ2n) is 4.78. The van der Waals surface area contributed by atoms with E-state index in [0.29, 0.717) is 0 Å². The number of fused-ring (bicyclic) bond motifs is 1. The van der Waals surface area contributed by atoms with E-state index in [9.17, 15) is 8.78 Å². The average molecular weight is 225 g/mol. The molecule has 0 amide bonds. The lowest BCUT2D eigenvalue weighted by Gasteiger charge is -2.16. The van der Waals surface area contributed by atoms with Gasteiger partial charge in [-0.3, -0.25) is 0 Å². The number of nitrogens with two attached hydrogens (primary N) is 1. The average Bonchev–Trinajstić information content (AvgIpc) is 2.80. The fourth-order valence-electron chi connectivity index (χ4n) is 2.61. The van der Waals surface area contributed by atoms with Crippen LogP contribution in [0.25, 0.3) is 0 Å². The number of rotatable bonds is 2. The molecule has 0 bridgehead atoms. The minimum Gasteiger partial charge on any atom is -0.484 e. The lowest BCUT2D eigenvalue weighted by atomic mass is 10.2. The van der Waals surface area contributed by atoms with Crippen molar-refractivity contribution in [2.45, 2.75) is 25.4 Å². The summed E-state index contributed by atoms with van der Waals surface area (Å²) in [7, 11) is 0. The molecule has 1 aromatic carbocycles. The van der Waals surface area contributed by atoms with Gasteiger partial charge in [0.2, 0.25) is 0 Å². The summed E-state index contributed by atoms with van der Waals surface area (Å²) in [5.74, 6) is -0.244. The molecule has 0 spiro atoms. The van der Waals surface area contributed by atoms with Crippen LogP contribution in [-0.2, 0) is 0 Å². The molecule has 0 saturated heterocycles. The van der Waals surface area contributed by atoms with Crippen molar-refractivity contribution in [2.24, 2.45) is 11.8 Å². The Bertz CT molecular complexity index is 402. The first-order valence-corrected chi connectivity index (χ1v) is 5.54. The van der Waals surface area contributed by atoms with Crippen LogP contribution in [0.3, 0.4) is 0 Å². The fourth-order valence-corrected chi connectivity index (χ4v) is 2.61. The van der Waals surface area contributed by atoms with Crippen LogP contribution in [0.5, 0.6) is 5.75 Å². The summed E-state index contributed by atoms with van der Waals surface area (Å²) >= 11 is 0. The van der Waals surface area contributed by atoms with Gasteiger partial charge in [-0.1, -0.05) is 0 Å². The molecular weight excluding hydrogens is 212 g/mol. The minimum absolute atomic E-state index is 0.0311. The maximum atomic E-state index is 13.4. The molecule has 2 atom stereocenters. The minimum atomic E-state index is -0.710. The second-order valence-corrected chi connectivity index (χ2v) is 4.78. The zero-order valence-electron chi connectivity index (χ0n) is 8.75. The number of nitrogen functional groups attached to an aromatic ring is 1. The van der Waals surface area contributed by atoms with Crippen LogP contribution in [0.1, 0.15) is 19.3 Å². The summed E-state index contributed by atoms with van der Waals surface area (Å²) in [6.45, 7) is 0. The Morgan fingerprint density at radius 3 is 2.19 bits per heavy atom. The number of benzene rings is 1. The maximum Gasteiger partial charge on any atom is 0.191 e. The molecule has 0 heterocycles. The molecule has 0 aromatic heterocycles. The molecule has 0 aliphatic heterocycles. The van der Waals surface area contributed by atoms with Gasteiger partial charge in [-0.25, -0.2) is 8.78 Å². The van der Waals surface area contributed by atoms with Crippen molar-refractivity contribution in [1.82, 2.24) is 0 Å². The zero-order chi connectivity index (χ0) is 11.3. The summed E-state index contributed by atoms with van der Waals surface area (Å²) in [6.07, 6.45) is 3.07.